The zero-order valence-corrected chi connectivity index (χ0v) is 9.38. The topological polar surface area (TPSA) is 38.3 Å². The molecule has 0 aliphatic carbocycles. The molecule has 0 saturated carbocycles. The lowest BCUT2D eigenvalue weighted by Gasteiger charge is -2.05. The fourth-order valence-electron chi connectivity index (χ4n) is 1.07. The highest BCUT2D eigenvalue weighted by Crippen LogP contribution is 2.10. The summed E-state index contributed by atoms with van der Waals surface area (Å²) < 4.78 is 4.98. The minimum atomic E-state index is -0.143. The van der Waals surface area contributed by atoms with E-state index >= 15 is 0 Å². The SMILES string of the molecule is CCOCC(=O)Nc1ccc(CCl)cc1. The molecule has 0 aliphatic heterocycles. The summed E-state index contributed by atoms with van der Waals surface area (Å²) in [6.07, 6.45) is 0. The standard InChI is InChI=1S/C11H14ClNO2/c1-2-15-8-11(14)13-10-5-3-9(7-12)4-6-10/h3-6H,2,7-8H2,1H3,(H,13,14). The molecule has 1 N–H and O–H groups in total. The van der Waals surface area contributed by atoms with Crippen LogP contribution < -0.4 is 5.32 Å². The van der Waals surface area contributed by atoms with Crippen LogP contribution in [0.3, 0.4) is 0 Å². The van der Waals surface area contributed by atoms with Gasteiger partial charge in [-0.3, -0.25) is 4.79 Å². The number of halogens is 1. The van der Waals surface area contributed by atoms with Crippen molar-refractivity contribution in [2.24, 2.45) is 0 Å². The number of anilines is 1. The van der Waals surface area contributed by atoms with Crippen molar-refractivity contribution in [3.05, 3.63) is 29.8 Å². The summed E-state index contributed by atoms with van der Waals surface area (Å²) >= 11 is 5.65. The molecule has 0 atom stereocenters. The molecule has 0 bridgehead atoms. The maximum absolute atomic E-state index is 11.3. The second kappa shape index (κ2) is 6.43. The molecule has 1 amide bonds. The predicted octanol–water partition coefficient (Wildman–Crippen LogP) is 2.40. The lowest BCUT2D eigenvalue weighted by atomic mass is 10.2. The highest BCUT2D eigenvalue weighted by atomic mass is 35.5. The molecule has 0 heterocycles. The third kappa shape index (κ3) is 4.32. The van der Waals surface area contributed by atoms with Crippen LogP contribution in [0.4, 0.5) is 5.69 Å². The molecule has 4 heteroatoms. The Morgan fingerprint density at radius 3 is 2.60 bits per heavy atom. The zero-order chi connectivity index (χ0) is 11.1. The lowest BCUT2D eigenvalue weighted by molar-refractivity contribution is -0.120. The Morgan fingerprint density at radius 1 is 1.40 bits per heavy atom. The van der Waals surface area contributed by atoms with Gasteiger partial charge in [-0.25, -0.2) is 0 Å². The zero-order valence-electron chi connectivity index (χ0n) is 8.63. The first-order valence-corrected chi connectivity index (χ1v) is 5.32. The number of ether oxygens (including phenoxy) is 1. The normalized spacial score (nSPS) is 10.0. The Balaban J connectivity index is 2.46. The van der Waals surface area contributed by atoms with Crippen molar-refractivity contribution < 1.29 is 9.53 Å². The van der Waals surface area contributed by atoms with E-state index in [4.69, 9.17) is 16.3 Å². The minimum absolute atomic E-state index is 0.0910. The van der Waals surface area contributed by atoms with Crippen molar-refractivity contribution in [1.82, 2.24) is 0 Å². The van der Waals surface area contributed by atoms with Crippen molar-refractivity contribution in [2.45, 2.75) is 12.8 Å². The maximum Gasteiger partial charge on any atom is 0.250 e. The Kier molecular flexibility index (Phi) is 5.15. The van der Waals surface area contributed by atoms with Crippen LogP contribution in [0, 0.1) is 0 Å². The van der Waals surface area contributed by atoms with Gasteiger partial charge in [0.1, 0.15) is 6.61 Å². The molecule has 0 aliphatic rings. The van der Waals surface area contributed by atoms with E-state index in [1.54, 1.807) is 0 Å². The molecule has 0 fully saturated rings. The smallest absolute Gasteiger partial charge is 0.250 e. The van der Waals surface area contributed by atoms with Crippen LogP contribution >= 0.6 is 11.6 Å². The van der Waals surface area contributed by atoms with Gasteiger partial charge in [0.2, 0.25) is 5.91 Å². The third-order valence-electron chi connectivity index (χ3n) is 1.83. The number of hydrogen-bond donors (Lipinski definition) is 1. The van der Waals surface area contributed by atoms with Crippen LogP contribution in [-0.2, 0) is 15.4 Å². The average molecular weight is 228 g/mol. The van der Waals surface area contributed by atoms with E-state index in [1.807, 2.05) is 31.2 Å². The van der Waals surface area contributed by atoms with Crippen LogP contribution in [0.1, 0.15) is 12.5 Å². The molecule has 82 valence electrons. The quantitative estimate of drug-likeness (QED) is 0.785. The first kappa shape index (κ1) is 12.0. The minimum Gasteiger partial charge on any atom is -0.372 e. The maximum atomic E-state index is 11.3. The molecule has 1 aromatic rings. The monoisotopic (exact) mass is 227 g/mol. The van der Waals surface area contributed by atoms with Crippen LogP contribution in [0.2, 0.25) is 0 Å². The van der Waals surface area contributed by atoms with Gasteiger partial charge in [-0.2, -0.15) is 0 Å². The molecule has 0 saturated heterocycles. The van der Waals surface area contributed by atoms with Gasteiger partial charge in [0.25, 0.3) is 0 Å². The molecule has 0 unspecified atom stereocenters. The van der Waals surface area contributed by atoms with Crippen LogP contribution in [-0.4, -0.2) is 19.1 Å². The molecule has 0 aromatic heterocycles. The molecular weight excluding hydrogens is 214 g/mol. The van der Waals surface area contributed by atoms with E-state index in [0.29, 0.717) is 12.5 Å². The highest BCUT2D eigenvalue weighted by Gasteiger charge is 2.01. The molecule has 1 aromatic carbocycles. The van der Waals surface area contributed by atoms with Crippen LogP contribution in [0.25, 0.3) is 0 Å². The number of nitrogens with one attached hydrogen (secondary N) is 1. The lowest BCUT2D eigenvalue weighted by Crippen LogP contribution is -2.18. The summed E-state index contributed by atoms with van der Waals surface area (Å²) in [5.41, 5.74) is 1.79. The summed E-state index contributed by atoms with van der Waals surface area (Å²) in [5.74, 6) is 0.336. The number of benzene rings is 1. The van der Waals surface area contributed by atoms with Crippen molar-refractivity contribution in [3.63, 3.8) is 0 Å². The van der Waals surface area contributed by atoms with E-state index in [-0.39, 0.29) is 12.5 Å². The van der Waals surface area contributed by atoms with Gasteiger partial charge in [-0.05, 0) is 24.6 Å². The molecule has 15 heavy (non-hydrogen) atoms. The van der Waals surface area contributed by atoms with Gasteiger partial charge in [-0.15, -0.1) is 11.6 Å². The summed E-state index contributed by atoms with van der Waals surface area (Å²) in [4.78, 5) is 11.3. The summed E-state index contributed by atoms with van der Waals surface area (Å²) in [6.45, 7) is 2.48. The van der Waals surface area contributed by atoms with Gasteiger partial charge in [0.05, 0.1) is 0 Å². The molecule has 1 rings (SSSR count). The van der Waals surface area contributed by atoms with Crippen molar-refractivity contribution in [1.29, 1.82) is 0 Å². The Labute approximate surface area is 94.4 Å². The van der Waals surface area contributed by atoms with Gasteiger partial charge < -0.3 is 10.1 Å². The number of carbonyl (C=O) groups excluding carboxylic acids is 1. The van der Waals surface area contributed by atoms with Crippen molar-refractivity contribution in [3.8, 4) is 0 Å². The van der Waals surface area contributed by atoms with Gasteiger partial charge >= 0.3 is 0 Å². The first-order valence-electron chi connectivity index (χ1n) is 4.78. The largest absolute Gasteiger partial charge is 0.372 e. The summed E-state index contributed by atoms with van der Waals surface area (Å²) in [6, 6.07) is 7.40. The van der Waals surface area contributed by atoms with Gasteiger partial charge in [0.15, 0.2) is 0 Å². The second-order valence-corrected chi connectivity index (χ2v) is 3.28. The number of alkyl halides is 1. The third-order valence-corrected chi connectivity index (χ3v) is 2.14. The van der Waals surface area contributed by atoms with Crippen LogP contribution in [0.15, 0.2) is 24.3 Å². The van der Waals surface area contributed by atoms with Gasteiger partial charge in [0, 0.05) is 18.2 Å². The van der Waals surface area contributed by atoms with E-state index in [2.05, 4.69) is 5.32 Å². The highest BCUT2D eigenvalue weighted by molar-refractivity contribution is 6.17. The summed E-state index contributed by atoms with van der Waals surface area (Å²) in [7, 11) is 0. The van der Waals surface area contributed by atoms with Crippen molar-refractivity contribution in [2.75, 3.05) is 18.5 Å². The van der Waals surface area contributed by atoms with Crippen LogP contribution in [0.5, 0.6) is 0 Å². The number of carbonyl (C=O) groups is 1. The fraction of sp³-hybridized carbons (Fsp3) is 0.364. The Hall–Kier alpha value is -1.06. The second-order valence-electron chi connectivity index (χ2n) is 3.02. The molecule has 0 spiro atoms. The number of hydrogen-bond acceptors (Lipinski definition) is 2. The number of amides is 1. The van der Waals surface area contributed by atoms with E-state index in [1.165, 1.54) is 0 Å². The van der Waals surface area contributed by atoms with Crippen molar-refractivity contribution >= 4 is 23.2 Å². The molecule has 0 radical (unpaired) electrons. The van der Waals surface area contributed by atoms with E-state index < -0.39 is 0 Å². The van der Waals surface area contributed by atoms with E-state index in [0.717, 1.165) is 11.3 Å². The van der Waals surface area contributed by atoms with E-state index in [9.17, 15) is 4.79 Å². The van der Waals surface area contributed by atoms with Gasteiger partial charge in [-0.1, -0.05) is 12.1 Å². The predicted molar refractivity (Wildman–Crippen MR) is 61.1 cm³/mol. The Bertz CT molecular complexity index is 311. The molecule has 3 nitrogen and oxygen atoms in total. The average Bonchev–Trinajstić information content (AvgIpc) is 2.27. The summed E-state index contributed by atoms with van der Waals surface area (Å²) in [5, 5.41) is 2.72. The fourth-order valence-corrected chi connectivity index (χ4v) is 1.25. The Morgan fingerprint density at radius 2 is 2.07 bits per heavy atom. The first-order chi connectivity index (χ1) is 7.26. The molecular formula is C11H14ClNO2. The number of rotatable bonds is 5.